The van der Waals surface area contributed by atoms with Crippen molar-refractivity contribution in [2.45, 2.75) is 17.4 Å². The molecular weight excluding hydrogens is 374 g/mol. The molecule has 0 amide bonds. The van der Waals surface area contributed by atoms with Gasteiger partial charge in [0.1, 0.15) is 11.5 Å². The van der Waals surface area contributed by atoms with Crippen molar-refractivity contribution in [1.82, 2.24) is 4.72 Å². The number of thiophene rings is 1. The van der Waals surface area contributed by atoms with Gasteiger partial charge >= 0.3 is 0 Å². The van der Waals surface area contributed by atoms with Crippen LogP contribution in [0.1, 0.15) is 16.9 Å². The molecule has 3 rings (SSSR count). The summed E-state index contributed by atoms with van der Waals surface area (Å²) in [5.41, 5.74) is -0.489. The minimum absolute atomic E-state index is 0.130. The Hall–Kier alpha value is -2.13. The molecule has 2 N–H and O–H groups in total. The highest BCUT2D eigenvalue weighted by Gasteiger charge is 2.36. The molecule has 0 saturated heterocycles. The molecule has 8 heteroatoms. The standard InChI is InChI=1S/C18H19NO5S2/c1-13-10-15(23-2)5-6-16(13)26(21,22)19-12-18(20,14-7-9-25-11-14)17-4-3-8-24-17/h3-11,19-20H,12H2,1-2H3/t18-/m0/s1. The summed E-state index contributed by atoms with van der Waals surface area (Å²) in [6.07, 6.45) is 1.44. The highest BCUT2D eigenvalue weighted by atomic mass is 32.2. The third-order valence-corrected chi connectivity index (χ3v) is 6.36. The van der Waals surface area contributed by atoms with Gasteiger partial charge in [0.25, 0.3) is 0 Å². The second-order valence-corrected chi connectivity index (χ2v) is 8.32. The fourth-order valence-electron chi connectivity index (χ4n) is 2.67. The average molecular weight is 393 g/mol. The Bertz CT molecular complexity index is 929. The summed E-state index contributed by atoms with van der Waals surface area (Å²) in [7, 11) is -2.32. The van der Waals surface area contributed by atoms with Crippen LogP contribution in [0, 0.1) is 6.92 Å². The van der Waals surface area contributed by atoms with E-state index in [1.54, 1.807) is 42.6 Å². The van der Waals surface area contributed by atoms with E-state index in [0.29, 0.717) is 16.9 Å². The first kappa shape index (κ1) is 18.7. The number of benzene rings is 1. The number of aliphatic hydroxyl groups is 1. The molecule has 138 valence electrons. The smallest absolute Gasteiger partial charge is 0.240 e. The van der Waals surface area contributed by atoms with Gasteiger partial charge in [-0.15, -0.1) is 0 Å². The Morgan fingerprint density at radius 3 is 2.69 bits per heavy atom. The van der Waals surface area contributed by atoms with Gasteiger partial charge in [-0.2, -0.15) is 11.3 Å². The van der Waals surface area contributed by atoms with E-state index in [0.717, 1.165) is 0 Å². The minimum Gasteiger partial charge on any atom is -0.497 e. The number of hydrogen-bond donors (Lipinski definition) is 2. The van der Waals surface area contributed by atoms with Crippen LogP contribution in [0.25, 0.3) is 0 Å². The molecule has 0 radical (unpaired) electrons. The second kappa shape index (κ2) is 7.24. The van der Waals surface area contributed by atoms with E-state index in [1.807, 2.05) is 5.38 Å². The number of aryl methyl sites for hydroxylation is 1. The van der Waals surface area contributed by atoms with Crippen molar-refractivity contribution in [3.05, 3.63) is 70.3 Å². The SMILES string of the molecule is COc1ccc(S(=O)(=O)NC[C@](O)(c2ccsc2)c2ccco2)c(C)c1. The second-order valence-electron chi connectivity index (χ2n) is 5.81. The van der Waals surface area contributed by atoms with Crippen molar-refractivity contribution >= 4 is 21.4 Å². The summed E-state index contributed by atoms with van der Waals surface area (Å²) in [6, 6.07) is 9.71. The zero-order chi connectivity index (χ0) is 18.8. The Labute approximate surface area is 156 Å². The lowest BCUT2D eigenvalue weighted by molar-refractivity contribution is 0.0623. The summed E-state index contributed by atoms with van der Waals surface area (Å²) >= 11 is 1.41. The van der Waals surface area contributed by atoms with Gasteiger partial charge < -0.3 is 14.3 Å². The number of methoxy groups -OCH3 is 1. The van der Waals surface area contributed by atoms with E-state index in [1.165, 1.54) is 30.8 Å². The summed E-state index contributed by atoms with van der Waals surface area (Å²) in [5.74, 6) is 0.844. The van der Waals surface area contributed by atoms with Crippen molar-refractivity contribution in [2.75, 3.05) is 13.7 Å². The lowest BCUT2D eigenvalue weighted by atomic mass is 9.94. The van der Waals surface area contributed by atoms with Crippen LogP contribution in [0.15, 0.2) is 62.7 Å². The zero-order valence-electron chi connectivity index (χ0n) is 14.3. The summed E-state index contributed by atoms with van der Waals surface area (Å²) < 4.78 is 38.5. The maximum Gasteiger partial charge on any atom is 0.240 e. The molecule has 1 atom stereocenters. The minimum atomic E-state index is -3.84. The van der Waals surface area contributed by atoms with E-state index in [4.69, 9.17) is 9.15 Å². The van der Waals surface area contributed by atoms with Crippen LogP contribution in [-0.2, 0) is 15.6 Å². The largest absolute Gasteiger partial charge is 0.497 e. The molecule has 3 aromatic rings. The van der Waals surface area contributed by atoms with Gasteiger partial charge in [-0.25, -0.2) is 13.1 Å². The summed E-state index contributed by atoms with van der Waals surface area (Å²) in [4.78, 5) is 0.130. The number of sulfonamides is 1. The summed E-state index contributed by atoms with van der Waals surface area (Å²) in [6.45, 7) is 1.43. The molecule has 26 heavy (non-hydrogen) atoms. The molecule has 1 aromatic carbocycles. The normalized spacial score (nSPS) is 14.1. The molecule has 0 aliphatic heterocycles. The lowest BCUT2D eigenvalue weighted by Gasteiger charge is -2.26. The Kier molecular flexibility index (Phi) is 5.19. The zero-order valence-corrected chi connectivity index (χ0v) is 15.9. The quantitative estimate of drug-likeness (QED) is 0.644. The van der Waals surface area contributed by atoms with Gasteiger partial charge in [-0.05, 0) is 59.6 Å². The third-order valence-electron chi connectivity index (χ3n) is 4.12. The molecule has 2 aromatic heterocycles. The van der Waals surface area contributed by atoms with Gasteiger partial charge in [0.15, 0.2) is 5.60 Å². The van der Waals surface area contributed by atoms with Gasteiger partial charge in [0.2, 0.25) is 10.0 Å². The monoisotopic (exact) mass is 393 g/mol. The number of ether oxygens (including phenoxy) is 1. The molecule has 0 fully saturated rings. The van der Waals surface area contributed by atoms with Gasteiger partial charge in [-0.3, -0.25) is 0 Å². The first-order valence-corrected chi connectivity index (χ1v) is 10.2. The average Bonchev–Trinajstić information content (AvgIpc) is 3.33. The number of furan rings is 1. The van der Waals surface area contributed by atoms with Crippen LogP contribution in [0.5, 0.6) is 5.75 Å². The van der Waals surface area contributed by atoms with E-state index < -0.39 is 15.6 Å². The highest BCUT2D eigenvalue weighted by molar-refractivity contribution is 7.89. The van der Waals surface area contributed by atoms with Crippen molar-refractivity contribution < 1.29 is 22.7 Å². The Balaban J connectivity index is 1.90. The molecule has 2 heterocycles. The fraction of sp³-hybridized carbons (Fsp3) is 0.222. The van der Waals surface area contributed by atoms with Crippen LogP contribution >= 0.6 is 11.3 Å². The van der Waals surface area contributed by atoms with Crippen LogP contribution in [-0.4, -0.2) is 27.2 Å². The van der Waals surface area contributed by atoms with Crippen LogP contribution in [0.2, 0.25) is 0 Å². The topological polar surface area (TPSA) is 88.8 Å². The Morgan fingerprint density at radius 2 is 2.12 bits per heavy atom. The van der Waals surface area contributed by atoms with Crippen molar-refractivity contribution in [1.29, 1.82) is 0 Å². The van der Waals surface area contributed by atoms with E-state index in [-0.39, 0.29) is 17.2 Å². The highest BCUT2D eigenvalue weighted by Crippen LogP contribution is 2.31. The lowest BCUT2D eigenvalue weighted by Crippen LogP contribution is -2.41. The molecule has 0 saturated carbocycles. The molecule has 0 spiro atoms. The molecule has 0 aliphatic carbocycles. The molecule has 6 nitrogen and oxygen atoms in total. The van der Waals surface area contributed by atoms with E-state index in [2.05, 4.69) is 4.72 Å². The number of hydrogen-bond acceptors (Lipinski definition) is 6. The molecule has 0 bridgehead atoms. The fourth-order valence-corrected chi connectivity index (χ4v) is 4.68. The molecule has 0 aliphatic rings. The van der Waals surface area contributed by atoms with E-state index >= 15 is 0 Å². The van der Waals surface area contributed by atoms with Gasteiger partial charge in [0.05, 0.1) is 24.8 Å². The van der Waals surface area contributed by atoms with Crippen molar-refractivity contribution in [3.63, 3.8) is 0 Å². The van der Waals surface area contributed by atoms with Crippen molar-refractivity contribution in [3.8, 4) is 5.75 Å². The predicted molar refractivity (Wildman–Crippen MR) is 98.9 cm³/mol. The maximum atomic E-state index is 12.7. The van der Waals surface area contributed by atoms with Gasteiger partial charge in [0, 0.05) is 5.56 Å². The van der Waals surface area contributed by atoms with Gasteiger partial charge in [-0.1, -0.05) is 0 Å². The van der Waals surface area contributed by atoms with Crippen LogP contribution in [0.4, 0.5) is 0 Å². The maximum absolute atomic E-state index is 12.7. The van der Waals surface area contributed by atoms with Crippen LogP contribution < -0.4 is 9.46 Å². The first-order chi connectivity index (χ1) is 12.4. The predicted octanol–water partition coefficient (Wildman–Crippen LogP) is 2.87. The third kappa shape index (κ3) is 3.54. The Morgan fingerprint density at radius 1 is 1.31 bits per heavy atom. The molecular formula is C18H19NO5S2. The van der Waals surface area contributed by atoms with E-state index in [9.17, 15) is 13.5 Å². The van der Waals surface area contributed by atoms with Crippen LogP contribution in [0.3, 0.4) is 0 Å². The van der Waals surface area contributed by atoms with Crippen molar-refractivity contribution in [2.24, 2.45) is 0 Å². The number of rotatable bonds is 7. The number of nitrogens with one attached hydrogen (secondary N) is 1. The first-order valence-electron chi connectivity index (χ1n) is 7.80. The molecule has 0 unspecified atom stereocenters. The summed E-state index contributed by atoms with van der Waals surface area (Å²) in [5, 5.41) is 14.7.